The van der Waals surface area contributed by atoms with Crippen LogP contribution in [0.2, 0.25) is 0 Å². The molecule has 100 valence electrons. The van der Waals surface area contributed by atoms with Gasteiger partial charge in [-0.15, -0.1) is 0 Å². The third-order valence-electron chi connectivity index (χ3n) is 4.11. The molecule has 0 aromatic heterocycles. The first-order valence-corrected chi connectivity index (χ1v) is 7.25. The summed E-state index contributed by atoms with van der Waals surface area (Å²) in [6, 6.07) is 6.96. The molecule has 2 rings (SSSR count). The molecule has 0 saturated carbocycles. The van der Waals surface area contributed by atoms with E-state index in [-0.39, 0.29) is 11.5 Å². The Labute approximate surface area is 111 Å². The van der Waals surface area contributed by atoms with Crippen molar-refractivity contribution in [2.24, 2.45) is 5.41 Å². The van der Waals surface area contributed by atoms with Crippen LogP contribution >= 0.6 is 0 Å². The Bertz CT molecular complexity index is 401. The third-order valence-corrected chi connectivity index (χ3v) is 4.11. The lowest BCUT2D eigenvalue weighted by atomic mass is 9.86. The monoisotopic (exact) mass is 246 g/mol. The molecule has 0 bridgehead atoms. The van der Waals surface area contributed by atoms with Gasteiger partial charge < -0.3 is 5.11 Å². The molecular weight excluding hydrogens is 220 g/mol. The molecule has 0 fully saturated rings. The van der Waals surface area contributed by atoms with Crippen molar-refractivity contribution in [1.29, 1.82) is 0 Å². The normalized spacial score (nSPS) is 16.7. The number of benzene rings is 1. The van der Waals surface area contributed by atoms with Gasteiger partial charge in [0.05, 0.1) is 6.10 Å². The Hall–Kier alpha value is -0.820. The van der Waals surface area contributed by atoms with Gasteiger partial charge in [-0.25, -0.2) is 0 Å². The van der Waals surface area contributed by atoms with Crippen LogP contribution in [0.25, 0.3) is 0 Å². The van der Waals surface area contributed by atoms with Crippen LogP contribution < -0.4 is 0 Å². The second-order valence-corrected chi connectivity index (χ2v) is 6.73. The van der Waals surface area contributed by atoms with Gasteiger partial charge in [-0.2, -0.15) is 0 Å². The fourth-order valence-electron chi connectivity index (χ4n) is 2.71. The lowest BCUT2D eigenvalue weighted by Gasteiger charge is -2.25. The maximum atomic E-state index is 10.0. The fourth-order valence-corrected chi connectivity index (χ4v) is 2.71. The molecule has 0 aliphatic heterocycles. The summed E-state index contributed by atoms with van der Waals surface area (Å²) in [7, 11) is 0. The van der Waals surface area contributed by atoms with Crippen LogP contribution in [-0.4, -0.2) is 11.2 Å². The molecule has 1 aliphatic carbocycles. The molecule has 1 unspecified atom stereocenters. The Balaban J connectivity index is 1.84. The fraction of sp³-hybridized carbons (Fsp3) is 0.647. The number of hydrogen-bond donors (Lipinski definition) is 1. The van der Waals surface area contributed by atoms with Crippen molar-refractivity contribution in [3.63, 3.8) is 0 Å². The molecule has 1 atom stereocenters. The van der Waals surface area contributed by atoms with Gasteiger partial charge in [0.1, 0.15) is 0 Å². The van der Waals surface area contributed by atoms with E-state index in [4.69, 9.17) is 0 Å². The van der Waals surface area contributed by atoms with Crippen molar-refractivity contribution in [3.05, 3.63) is 34.9 Å². The van der Waals surface area contributed by atoms with Gasteiger partial charge in [-0.3, -0.25) is 0 Å². The van der Waals surface area contributed by atoms with Crippen molar-refractivity contribution in [2.45, 2.75) is 65.4 Å². The molecule has 0 amide bonds. The highest BCUT2D eigenvalue weighted by Crippen LogP contribution is 2.25. The minimum absolute atomic E-state index is 0.0118. The van der Waals surface area contributed by atoms with E-state index in [0.717, 1.165) is 19.3 Å². The first-order chi connectivity index (χ1) is 8.47. The average Bonchev–Trinajstić information content (AvgIpc) is 2.74. The number of rotatable bonds is 4. The lowest BCUT2D eigenvalue weighted by molar-refractivity contribution is 0.0540. The highest BCUT2D eigenvalue weighted by molar-refractivity contribution is 5.35. The third kappa shape index (κ3) is 3.35. The Morgan fingerprint density at radius 1 is 1.17 bits per heavy atom. The Kier molecular flexibility index (Phi) is 4.11. The summed E-state index contributed by atoms with van der Waals surface area (Å²) in [5.74, 6) is 0. The molecule has 0 radical (unpaired) electrons. The van der Waals surface area contributed by atoms with E-state index >= 15 is 0 Å². The molecule has 0 spiro atoms. The van der Waals surface area contributed by atoms with Crippen LogP contribution in [0.15, 0.2) is 18.2 Å². The van der Waals surface area contributed by atoms with Crippen LogP contribution in [0.5, 0.6) is 0 Å². The van der Waals surface area contributed by atoms with Crippen LogP contribution in [0.4, 0.5) is 0 Å². The minimum Gasteiger partial charge on any atom is -0.393 e. The molecule has 1 aliphatic rings. The number of hydrogen-bond acceptors (Lipinski definition) is 1. The summed E-state index contributed by atoms with van der Waals surface area (Å²) in [5, 5.41) is 10.0. The summed E-state index contributed by atoms with van der Waals surface area (Å²) >= 11 is 0. The second kappa shape index (κ2) is 5.44. The molecule has 0 saturated heterocycles. The van der Waals surface area contributed by atoms with Gasteiger partial charge in [0.25, 0.3) is 0 Å². The summed E-state index contributed by atoms with van der Waals surface area (Å²) in [6.45, 7) is 6.31. The van der Waals surface area contributed by atoms with E-state index < -0.39 is 0 Å². The summed E-state index contributed by atoms with van der Waals surface area (Å²) < 4.78 is 0. The van der Waals surface area contributed by atoms with Crippen LogP contribution in [0.3, 0.4) is 0 Å². The van der Waals surface area contributed by atoms with Crippen molar-refractivity contribution in [2.75, 3.05) is 0 Å². The summed E-state index contributed by atoms with van der Waals surface area (Å²) in [6.07, 6.45) is 6.73. The smallest absolute Gasteiger partial charge is 0.0588 e. The van der Waals surface area contributed by atoms with Crippen molar-refractivity contribution in [1.82, 2.24) is 0 Å². The van der Waals surface area contributed by atoms with Gasteiger partial charge in [-0.05, 0) is 60.6 Å². The zero-order valence-electron chi connectivity index (χ0n) is 12.0. The molecule has 18 heavy (non-hydrogen) atoms. The first-order valence-electron chi connectivity index (χ1n) is 7.25. The van der Waals surface area contributed by atoms with E-state index in [1.54, 1.807) is 11.1 Å². The Morgan fingerprint density at radius 2 is 1.89 bits per heavy atom. The van der Waals surface area contributed by atoms with Crippen molar-refractivity contribution < 1.29 is 5.11 Å². The maximum Gasteiger partial charge on any atom is 0.0588 e. The van der Waals surface area contributed by atoms with Crippen LogP contribution in [0.1, 0.15) is 56.7 Å². The second-order valence-electron chi connectivity index (χ2n) is 6.73. The first kappa shape index (κ1) is 13.6. The zero-order valence-corrected chi connectivity index (χ0v) is 12.0. The predicted molar refractivity (Wildman–Crippen MR) is 76.9 cm³/mol. The maximum absolute atomic E-state index is 10.0. The van der Waals surface area contributed by atoms with Crippen molar-refractivity contribution >= 4 is 0 Å². The van der Waals surface area contributed by atoms with E-state index in [1.165, 1.54) is 24.8 Å². The average molecular weight is 246 g/mol. The molecule has 1 aromatic rings. The quantitative estimate of drug-likeness (QED) is 0.854. The minimum atomic E-state index is -0.188. The van der Waals surface area contributed by atoms with Gasteiger partial charge in [0.2, 0.25) is 0 Å². The van der Waals surface area contributed by atoms with Gasteiger partial charge in [0.15, 0.2) is 0 Å². The molecule has 1 nitrogen and oxygen atoms in total. The van der Waals surface area contributed by atoms with E-state index in [2.05, 4.69) is 39.0 Å². The predicted octanol–water partition coefficient (Wildman–Crippen LogP) is 3.91. The highest BCUT2D eigenvalue weighted by Gasteiger charge is 2.21. The molecule has 1 N–H and O–H groups in total. The highest BCUT2D eigenvalue weighted by atomic mass is 16.3. The number of aliphatic hydroxyl groups excluding tert-OH is 1. The SMILES string of the molecule is CC(C)(C)C(O)CCCc1ccc2c(c1)CCC2. The largest absolute Gasteiger partial charge is 0.393 e. The van der Waals surface area contributed by atoms with Gasteiger partial charge in [-0.1, -0.05) is 39.0 Å². The van der Waals surface area contributed by atoms with Gasteiger partial charge >= 0.3 is 0 Å². The van der Waals surface area contributed by atoms with Gasteiger partial charge in [0, 0.05) is 0 Å². The van der Waals surface area contributed by atoms with E-state index in [1.807, 2.05) is 0 Å². The topological polar surface area (TPSA) is 20.2 Å². The van der Waals surface area contributed by atoms with E-state index in [0.29, 0.717) is 0 Å². The van der Waals surface area contributed by atoms with Crippen molar-refractivity contribution in [3.8, 4) is 0 Å². The number of aryl methyl sites for hydroxylation is 3. The van der Waals surface area contributed by atoms with E-state index in [9.17, 15) is 5.11 Å². The standard InChI is InChI=1S/C17H26O/c1-17(2,3)16(18)9-4-6-13-10-11-14-7-5-8-15(14)12-13/h10-12,16,18H,4-9H2,1-3H3. The Morgan fingerprint density at radius 3 is 2.61 bits per heavy atom. The summed E-state index contributed by atoms with van der Waals surface area (Å²) in [4.78, 5) is 0. The number of fused-ring (bicyclic) bond motifs is 1. The molecule has 1 heteroatoms. The lowest BCUT2D eigenvalue weighted by Crippen LogP contribution is -2.25. The molecule has 1 aromatic carbocycles. The van der Waals surface area contributed by atoms with Crippen LogP contribution in [0, 0.1) is 5.41 Å². The number of aliphatic hydroxyl groups is 1. The molecular formula is C17H26O. The molecule has 0 heterocycles. The van der Waals surface area contributed by atoms with Crippen LogP contribution in [-0.2, 0) is 19.3 Å². The zero-order chi connectivity index (χ0) is 13.2. The summed E-state index contributed by atoms with van der Waals surface area (Å²) in [5.41, 5.74) is 4.56.